The molecule has 1 saturated carbocycles. The molecule has 2 N–H and O–H groups in total. The first-order valence-electron chi connectivity index (χ1n) is 8.01. The van der Waals surface area contributed by atoms with E-state index in [2.05, 4.69) is 30.5 Å². The number of aryl methyl sites for hydroxylation is 1. The van der Waals surface area contributed by atoms with Crippen molar-refractivity contribution in [3.8, 4) is 0 Å². The Morgan fingerprint density at radius 2 is 2.13 bits per heavy atom. The number of hydrogen-bond donors (Lipinski definition) is 2. The molecular weight excluding hydrogens is 294 g/mol. The number of urea groups is 1. The van der Waals surface area contributed by atoms with Gasteiger partial charge in [0.25, 0.3) is 0 Å². The van der Waals surface area contributed by atoms with Gasteiger partial charge >= 0.3 is 6.03 Å². The number of carbonyl (C=O) groups is 1. The van der Waals surface area contributed by atoms with Crippen LogP contribution in [0.2, 0.25) is 0 Å². The van der Waals surface area contributed by atoms with Gasteiger partial charge in [0, 0.05) is 13.1 Å². The van der Waals surface area contributed by atoms with Crippen LogP contribution in [0.4, 0.5) is 10.5 Å². The highest BCUT2D eigenvalue weighted by Gasteiger charge is 2.23. The number of nitrogens with zero attached hydrogens (tertiary/aromatic N) is 5. The lowest BCUT2D eigenvalue weighted by molar-refractivity contribution is 0.248. The first kappa shape index (κ1) is 15.5. The SMILES string of the molecule is Cc1c(NC(=O)N[C@H](C)c2nncn2C2CCCC2)cnn1C. The summed E-state index contributed by atoms with van der Waals surface area (Å²) in [7, 11) is 1.84. The molecule has 0 aromatic carbocycles. The molecule has 2 aromatic rings. The molecule has 0 saturated heterocycles. The lowest BCUT2D eigenvalue weighted by atomic mass is 10.2. The molecule has 0 unspecified atom stereocenters. The minimum absolute atomic E-state index is 0.213. The van der Waals surface area contributed by atoms with E-state index in [1.807, 2.05) is 20.9 Å². The van der Waals surface area contributed by atoms with Crippen LogP contribution in [-0.2, 0) is 7.05 Å². The maximum Gasteiger partial charge on any atom is 0.319 e. The third-order valence-electron chi connectivity index (χ3n) is 4.54. The van der Waals surface area contributed by atoms with Crippen molar-refractivity contribution in [1.29, 1.82) is 0 Å². The molecule has 3 rings (SSSR count). The molecule has 23 heavy (non-hydrogen) atoms. The van der Waals surface area contributed by atoms with Crippen LogP contribution in [0.1, 0.15) is 56.2 Å². The van der Waals surface area contributed by atoms with Crippen LogP contribution in [0, 0.1) is 6.92 Å². The van der Waals surface area contributed by atoms with Gasteiger partial charge < -0.3 is 15.2 Å². The Bertz CT molecular complexity index is 684. The zero-order valence-electron chi connectivity index (χ0n) is 13.8. The van der Waals surface area contributed by atoms with E-state index < -0.39 is 0 Å². The van der Waals surface area contributed by atoms with Gasteiger partial charge in [0.2, 0.25) is 0 Å². The standard InChI is InChI=1S/C15H23N7O/c1-10(14-20-16-9-22(14)12-6-4-5-7-12)18-15(23)19-13-8-17-21(3)11(13)2/h8-10,12H,4-7H2,1-3H3,(H2,18,19,23)/t10-/m1/s1. The monoisotopic (exact) mass is 317 g/mol. The van der Waals surface area contributed by atoms with Crippen LogP contribution in [0.25, 0.3) is 0 Å². The lowest BCUT2D eigenvalue weighted by Crippen LogP contribution is -2.33. The van der Waals surface area contributed by atoms with Gasteiger partial charge in [-0.1, -0.05) is 12.8 Å². The van der Waals surface area contributed by atoms with Gasteiger partial charge in [0.1, 0.15) is 6.33 Å². The first-order chi connectivity index (χ1) is 11.1. The largest absolute Gasteiger partial charge is 0.328 e. The van der Waals surface area contributed by atoms with Gasteiger partial charge in [-0.2, -0.15) is 5.10 Å². The quantitative estimate of drug-likeness (QED) is 0.905. The summed E-state index contributed by atoms with van der Waals surface area (Å²) in [5, 5.41) is 18.1. The summed E-state index contributed by atoms with van der Waals surface area (Å²) in [4.78, 5) is 12.2. The molecule has 1 aliphatic carbocycles. The minimum Gasteiger partial charge on any atom is -0.328 e. The van der Waals surface area contributed by atoms with Crippen molar-refractivity contribution < 1.29 is 4.79 Å². The maximum atomic E-state index is 12.2. The molecule has 2 aromatic heterocycles. The highest BCUT2D eigenvalue weighted by molar-refractivity contribution is 5.89. The van der Waals surface area contributed by atoms with Crippen molar-refractivity contribution in [2.45, 2.75) is 51.6 Å². The topological polar surface area (TPSA) is 89.7 Å². The molecule has 1 aliphatic rings. The molecule has 0 aliphatic heterocycles. The van der Waals surface area contributed by atoms with Crippen LogP contribution in [0.15, 0.2) is 12.5 Å². The van der Waals surface area contributed by atoms with E-state index in [1.54, 1.807) is 17.2 Å². The highest BCUT2D eigenvalue weighted by atomic mass is 16.2. The molecule has 2 heterocycles. The van der Waals surface area contributed by atoms with Gasteiger partial charge in [-0.15, -0.1) is 10.2 Å². The number of nitrogens with one attached hydrogen (secondary N) is 2. The van der Waals surface area contributed by atoms with Gasteiger partial charge in [0.15, 0.2) is 5.82 Å². The molecule has 0 spiro atoms. The van der Waals surface area contributed by atoms with E-state index in [4.69, 9.17) is 0 Å². The summed E-state index contributed by atoms with van der Waals surface area (Å²) in [6.45, 7) is 3.83. The smallest absolute Gasteiger partial charge is 0.319 e. The highest BCUT2D eigenvalue weighted by Crippen LogP contribution is 2.31. The predicted molar refractivity (Wildman–Crippen MR) is 86.0 cm³/mol. The molecule has 124 valence electrons. The van der Waals surface area contributed by atoms with Crippen LogP contribution in [0.5, 0.6) is 0 Å². The van der Waals surface area contributed by atoms with E-state index in [1.165, 1.54) is 12.8 Å². The summed E-state index contributed by atoms with van der Waals surface area (Å²) >= 11 is 0. The summed E-state index contributed by atoms with van der Waals surface area (Å²) in [6, 6.07) is -0.0301. The number of rotatable bonds is 4. The molecule has 1 atom stereocenters. The normalized spacial score (nSPS) is 16.5. The lowest BCUT2D eigenvalue weighted by Gasteiger charge is -2.18. The fourth-order valence-electron chi connectivity index (χ4n) is 3.07. The number of anilines is 1. The van der Waals surface area contributed by atoms with Crippen LogP contribution in [0.3, 0.4) is 0 Å². The van der Waals surface area contributed by atoms with E-state index >= 15 is 0 Å². The van der Waals surface area contributed by atoms with Gasteiger partial charge in [-0.3, -0.25) is 4.68 Å². The number of carbonyl (C=O) groups excluding carboxylic acids is 1. The fourth-order valence-corrected chi connectivity index (χ4v) is 3.07. The Kier molecular flexibility index (Phi) is 4.31. The third-order valence-corrected chi connectivity index (χ3v) is 4.54. The number of amides is 2. The van der Waals surface area contributed by atoms with Crippen molar-refractivity contribution in [3.63, 3.8) is 0 Å². The maximum absolute atomic E-state index is 12.2. The Hall–Kier alpha value is -2.38. The molecule has 1 fully saturated rings. The molecule has 2 amide bonds. The average Bonchev–Trinajstić information content (AvgIpc) is 3.23. The van der Waals surface area contributed by atoms with E-state index in [-0.39, 0.29) is 12.1 Å². The van der Waals surface area contributed by atoms with E-state index in [9.17, 15) is 4.79 Å². The van der Waals surface area contributed by atoms with E-state index in [0.29, 0.717) is 11.7 Å². The molecule has 8 heteroatoms. The molecule has 0 radical (unpaired) electrons. The fraction of sp³-hybridized carbons (Fsp3) is 0.600. The minimum atomic E-state index is -0.269. The second-order valence-electron chi connectivity index (χ2n) is 6.12. The summed E-state index contributed by atoms with van der Waals surface area (Å²) < 4.78 is 3.82. The van der Waals surface area contributed by atoms with Crippen LogP contribution < -0.4 is 10.6 Å². The van der Waals surface area contributed by atoms with Gasteiger partial charge in [-0.25, -0.2) is 4.79 Å². The first-order valence-corrected chi connectivity index (χ1v) is 8.01. The zero-order valence-corrected chi connectivity index (χ0v) is 13.8. The second-order valence-corrected chi connectivity index (χ2v) is 6.12. The Balaban J connectivity index is 1.65. The summed E-state index contributed by atoms with van der Waals surface area (Å²) in [5.41, 5.74) is 1.61. The Morgan fingerprint density at radius 1 is 1.39 bits per heavy atom. The van der Waals surface area contributed by atoms with Crippen molar-refractivity contribution in [1.82, 2.24) is 29.9 Å². The average molecular weight is 317 g/mol. The third kappa shape index (κ3) is 3.20. The van der Waals surface area contributed by atoms with E-state index in [0.717, 1.165) is 24.4 Å². The molecule has 0 bridgehead atoms. The van der Waals surface area contributed by atoms with Gasteiger partial charge in [-0.05, 0) is 26.7 Å². The van der Waals surface area contributed by atoms with Gasteiger partial charge in [0.05, 0.1) is 23.6 Å². The van der Waals surface area contributed by atoms with Crippen LogP contribution >= 0.6 is 0 Å². The van der Waals surface area contributed by atoms with Crippen molar-refractivity contribution in [2.24, 2.45) is 7.05 Å². The zero-order chi connectivity index (χ0) is 16.4. The summed E-state index contributed by atoms with van der Waals surface area (Å²) in [5.74, 6) is 0.801. The number of aromatic nitrogens is 5. The van der Waals surface area contributed by atoms with Crippen molar-refractivity contribution in [3.05, 3.63) is 24.0 Å². The van der Waals surface area contributed by atoms with Crippen molar-refractivity contribution >= 4 is 11.7 Å². The number of hydrogen-bond acceptors (Lipinski definition) is 4. The Morgan fingerprint density at radius 3 is 2.78 bits per heavy atom. The van der Waals surface area contributed by atoms with Crippen molar-refractivity contribution in [2.75, 3.05) is 5.32 Å². The summed E-state index contributed by atoms with van der Waals surface area (Å²) in [6.07, 6.45) is 8.20. The predicted octanol–water partition coefficient (Wildman–Crippen LogP) is 2.32. The molecular formula is C15H23N7O. The molecule has 8 nitrogen and oxygen atoms in total. The van der Waals surface area contributed by atoms with Crippen LogP contribution in [-0.4, -0.2) is 30.6 Å². The Labute approximate surface area is 135 Å². The second kappa shape index (κ2) is 6.39.